The number of hydrogen-bond acceptors (Lipinski definition) is 1. The summed E-state index contributed by atoms with van der Waals surface area (Å²) in [7, 11) is -0.422. The molecule has 1 heterocycles. The standard InChI is InChI=1S/C17H17ClN2Si/c18-15-8-6-14(7-9-15)17(12-20-11-10-19-13-20)21-16-4-2-1-3-5-16/h1-11,13,17H,12,21H2. The van der Waals surface area contributed by atoms with Gasteiger partial charge in [0.25, 0.3) is 0 Å². The van der Waals surface area contributed by atoms with Gasteiger partial charge in [-0.3, -0.25) is 0 Å². The molecule has 0 aliphatic carbocycles. The van der Waals surface area contributed by atoms with Crippen molar-refractivity contribution in [3.8, 4) is 0 Å². The Kier molecular flexibility index (Phi) is 4.53. The maximum absolute atomic E-state index is 6.02. The Morgan fingerprint density at radius 2 is 1.81 bits per heavy atom. The van der Waals surface area contributed by atoms with Gasteiger partial charge in [0.05, 0.1) is 15.8 Å². The minimum atomic E-state index is -0.422. The van der Waals surface area contributed by atoms with Gasteiger partial charge in [-0.25, -0.2) is 4.98 Å². The third-order valence-electron chi connectivity index (χ3n) is 3.66. The van der Waals surface area contributed by atoms with Crippen LogP contribution >= 0.6 is 11.6 Å². The van der Waals surface area contributed by atoms with Gasteiger partial charge >= 0.3 is 0 Å². The van der Waals surface area contributed by atoms with Crippen molar-refractivity contribution >= 4 is 26.3 Å². The highest BCUT2D eigenvalue weighted by molar-refractivity contribution is 6.55. The van der Waals surface area contributed by atoms with Crippen LogP contribution in [0, 0.1) is 0 Å². The van der Waals surface area contributed by atoms with E-state index in [-0.39, 0.29) is 0 Å². The summed E-state index contributed by atoms with van der Waals surface area (Å²) < 4.78 is 2.16. The van der Waals surface area contributed by atoms with Crippen LogP contribution < -0.4 is 5.19 Å². The molecule has 21 heavy (non-hydrogen) atoms. The molecule has 0 N–H and O–H groups in total. The highest BCUT2D eigenvalue weighted by Gasteiger charge is 2.14. The van der Waals surface area contributed by atoms with Crippen LogP contribution in [0.4, 0.5) is 0 Å². The minimum absolute atomic E-state index is 0.422. The largest absolute Gasteiger partial charge is 0.337 e. The molecule has 106 valence electrons. The first kappa shape index (κ1) is 14.1. The first-order valence-electron chi connectivity index (χ1n) is 7.06. The second-order valence-electron chi connectivity index (χ2n) is 5.20. The fourth-order valence-corrected chi connectivity index (χ4v) is 4.75. The number of nitrogens with zero attached hydrogens (tertiary/aromatic N) is 2. The first-order valence-corrected chi connectivity index (χ1v) is 8.96. The Bertz CT molecular complexity index is 666. The van der Waals surface area contributed by atoms with Gasteiger partial charge in [-0.05, 0) is 23.2 Å². The van der Waals surface area contributed by atoms with Gasteiger partial charge in [-0.1, -0.05) is 59.3 Å². The number of hydrogen-bond donors (Lipinski definition) is 0. The normalized spacial score (nSPS) is 12.8. The molecule has 0 saturated heterocycles. The quantitative estimate of drug-likeness (QED) is 0.662. The lowest BCUT2D eigenvalue weighted by molar-refractivity contribution is 0.673. The topological polar surface area (TPSA) is 17.8 Å². The molecule has 2 nitrogen and oxygen atoms in total. The maximum atomic E-state index is 6.02. The van der Waals surface area contributed by atoms with Crippen molar-refractivity contribution in [1.29, 1.82) is 0 Å². The lowest BCUT2D eigenvalue weighted by Crippen LogP contribution is -2.25. The second kappa shape index (κ2) is 6.74. The van der Waals surface area contributed by atoms with E-state index in [1.165, 1.54) is 10.8 Å². The van der Waals surface area contributed by atoms with Gasteiger partial charge < -0.3 is 4.57 Å². The third kappa shape index (κ3) is 3.83. The van der Waals surface area contributed by atoms with Gasteiger partial charge in [0.15, 0.2) is 0 Å². The molecule has 0 radical (unpaired) electrons. The highest BCUT2D eigenvalue weighted by Crippen LogP contribution is 2.19. The molecular weight excluding hydrogens is 296 g/mol. The van der Waals surface area contributed by atoms with Crippen LogP contribution in [-0.4, -0.2) is 19.1 Å². The average Bonchev–Trinajstić information content (AvgIpc) is 3.01. The lowest BCUT2D eigenvalue weighted by atomic mass is 10.1. The Balaban J connectivity index is 1.85. The van der Waals surface area contributed by atoms with Crippen LogP contribution in [0.25, 0.3) is 0 Å². The summed E-state index contributed by atoms with van der Waals surface area (Å²) in [5, 5.41) is 2.28. The van der Waals surface area contributed by atoms with Gasteiger partial charge in [0.1, 0.15) is 0 Å². The fraction of sp³-hybridized carbons (Fsp3) is 0.118. The van der Waals surface area contributed by atoms with Crippen LogP contribution in [0.15, 0.2) is 73.3 Å². The van der Waals surface area contributed by atoms with E-state index in [2.05, 4.69) is 52.0 Å². The second-order valence-corrected chi connectivity index (χ2v) is 7.84. The predicted octanol–water partition coefficient (Wildman–Crippen LogP) is 2.77. The van der Waals surface area contributed by atoms with Crippen molar-refractivity contribution in [1.82, 2.24) is 9.55 Å². The first-order chi connectivity index (χ1) is 10.3. The summed E-state index contributed by atoms with van der Waals surface area (Å²) >= 11 is 6.02. The van der Waals surface area contributed by atoms with E-state index in [1.807, 2.05) is 30.9 Å². The maximum Gasteiger partial charge on any atom is 0.0945 e. The molecule has 0 fully saturated rings. The van der Waals surface area contributed by atoms with E-state index in [9.17, 15) is 0 Å². The van der Waals surface area contributed by atoms with Crippen molar-refractivity contribution in [2.75, 3.05) is 0 Å². The Hall–Kier alpha value is -1.84. The summed E-state index contributed by atoms with van der Waals surface area (Å²) in [6.07, 6.45) is 5.76. The van der Waals surface area contributed by atoms with Crippen LogP contribution in [0.5, 0.6) is 0 Å². The van der Waals surface area contributed by atoms with E-state index in [4.69, 9.17) is 11.6 Å². The number of aromatic nitrogens is 2. The summed E-state index contributed by atoms with van der Waals surface area (Å²) in [6.45, 7) is 0.975. The molecule has 0 aliphatic heterocycles. The van der Waals surface area contributed by atoms with Gasteiger partial charge in [0.2, 0.25) is 0 Å². The molecule has 1 unspecified atom stereocenters. The SMILES string of the molecule is Clc1ccc(C(Cn2ccnc2)[SiH2]c2ccccc2)cc1. The average molecular weight is 313 g/mol. The smallest absolute Gasteiger partial charge is 0.0945 e. The Labute approximate surface area is 132 Å². The van der Waals surface area contributed by atoms with E-state index in [0.717, 1.165) is 11.6 Å². The summed E-state index contributed by atoms with van der Waals surface area (Å²) in [5.41, 5.74) is 1.91. The zero-order valence-corrected chi connectivity index (χ0v) is 13.9. The van der Waals surface area contributed by atoms with Crippen molar-refractivity contribution < 1.29 is 0 Å². The molecule has 0 saturated carbocycles. The number of rotatable bonds is 5. The zero-order chi connectivity index (χ0) is 14.5. The summed E-state index contributed by atoms with van der Waals surface area (Å²) in [6, 6.07) is 19.1. The number of benzene rings is 2. The zero-order valence-electron chi connectivity index (χ0n) is 11.7. The molecule has 0 spiro atoms. The number of imidazole rings is 1. The van der Waals surface area contributed by atoms with Crippen LogP contribution in [-0.2, 0) is 6.54 Å². The Morgan fingerprint density at radius 3 is 2.48 bits per heavy atom. The molecule has 0 amide bonds. The van der Waals surface area contributed by atoms with Crippen molar-refractivity contribution in [2.24, 2.45) is 0 Å². The van der Waals surface area contributed by atoms with Crippen LogP contribution in [0.1, 0.15) is 11.1 Å². The molecule has 4 heteroatoms. The van der Waals surface area contributed by atoms with E-state index < -0.39 is 9.52 Å². The monoisotopic (exact) mass is 312 g/mol. The van der Waals surface area contributed by atoms with Crippen LogP contribution in [0.2, 0.25) is 5.02 Å². The molecular formula is C17H17ClN2Si. The van der Waals surface area contributed by atoms with Gasteiger partial charge in [-0.2, -0.15) is 0 Å². The molecule has 0 bridgehead atoms. The molecule has 3 aromatic rings. The highest BCUT2D eigenvalue weighted by atomic mass is 35.5. The van der Waals surface area contributed by atoms with Crippen LogP contribution in [0.3, 0.4) is 0 Å². The molecule has 2 aromatic carbocycles. The van der Waals surface area contributed by atoms with Gasteiger partial charge in [0, 0.05) is 24.0 Å². The van der Waals surface area contributed by atoms with Crippen molar-refractivity contribution in [3.05, 3.63) is 83.9 Å². The Morgan fingerprint density at radius 1 is 1.05 bits per heavy atom. The van der Waals surface area contributed by atoms with Gasteiger partial charge in [-0.15, -0.1) is 0 Å². The lowest BCUT2D eigenvalue weighted by Gasteiger charge is -2.18. The molecule has 1 atom stereocenters. The fourth-order valence-electron chi connectivity index (χ4n) is 2.57. The predicted molar refractivity (Wildman–Crippen MR) is 91.0 cm³/mol. The summed E-state index contributed by atoms with van der Waals surface area (Å²) in [4.78, 5) is 4.15. The van der Waals surface area contributed by atoms with Crippen molar-refractivity contribution in [3.63, 3.8) is 0 Å². The number of halogens is 1. The molecule has 3 rings (SSSR count). The van der Waals surface area contributed by atoms with E-state index in [0.29, 0.717) is 5.54 Å². The summed E-state index contributed by atoms with van der Waals surface area (Å²) in [5.74, 6) is 0. The van der Waals surface area contributed by atoms with E-state index in [1.54, 1.807) is 0 Å². The molecule has 1 aromatic heterocycles. The van der Waals surface area contributed by atoms with Crippen molar-refractivity contribution in [2.45, 2.75) is 12.1 Å². The minimum Gasteiger partial charge on any atom is -0.337 e. The molecule has 0 aliphatic rings. The third-order valence-corrected chi connectivity index (χ3v) is 6.07. The van der Waals surface area contributed by atoms with E-state index >= 15 is 0 Å².